The molecule has 0 unspecified atom stereocenters. The predicted molar refractivity (Wildman–Crippen MR) is 202 cm³/mol. The molecule has 1 aromatic heterocycles. The van der Waals surface area contributed by atoms with Crippen LogP contribution >= 0.6 is 0 Å². The highest BCUT2D eigenvalue weighted by Gasteiger charge is 2.62. The van der Waals surface area contributed by atoms with Crippen LogP contribution in [-0.4, -0.2) is 83.5 Å². The van der Waals surface area contributed by atoms with Crippen LogP contribution in [0.15, 0.2) is 42.5 Å². The molecule has 0 aliphatic heterocycles. The van der Waals surface area contributed by atoms with Crippen molar-refractivity contribution in [2.75, 3.05) is 45.3 Å². The van der Waals surface area contributed by atoms with Gasteiger partial charge >= 0.3 is 5.97 Å². The third-order valence-electron chi connectivity index (χ3n) is 12.0. The summed E-state index contributed by atoms with van der Waals surface area (Å²) in [6.07, 6.45) is 5.32. The normalized spacial score (nSPS) is 23.2. The Morgan fingerprint density at radius 2 is 1.56 bits per heavy atom. The van der Waals surface area contributed by atoms with E-state index in [0.29, 0.717) is 41.1 Å². The van der Waals surface area contributed by atoms with Gasteiger partial charge in [-0.15, -0.1) is 0 Å². The molecule has 2 N–H and O–H groups in total. The van der Waals surface area contributed by atoms with Crippen LogP contribution in [0.5, 0.6) is 11.5 Å². The lowest BCUT2D eigenvalue weighted by Gasteiger charge is -2.59. The number of anilines is 1. The van der Waals surface area contributed by atoms with E-state index in [1.165, 1.54) is 6.42 Å². The second-order valence-electron chi connectivity index (χ2n) is 15.2. The Kier molecular flexibility index (Phi) is 11.0. The van der Waals surface area contributed by atoms with Gasteiger partial charge in [0.25, 0.3) is 5.91 Å². The van der Waals surface area contributed by atoms with Gasteiger partial charge in [-0.1, -0.05) is 33.8 Å². The Labute approximate surface area is 307 Å². The highest BCUT2D eigenvalue weighted by Crippen LogP contribution is 2.58. The van der Waals surface area contributed by atoms with Crippen LogP contribution in [0.2, 0.25) is 0 Å². The van der Waals surface area contributed by atoms with Crippen molar-refractivity contribution in [2.24, 2.45) is 23.7 Å². The average molecular weight is 714 g/mol. The number of carboxylic acids is 1. The molecule has 4 saturated carbocycles. The van der Waals surface area contributed by atoms with Crippen LogP contribution in [0.1, 0.15) is 95.1 Å². The van der Waals surface area contributed by atoms with Gasteiger partial charge in [-0.2, -0.15) is 5.10 Å². The summed E-state index contributed by atoms with van der Waals surface area (Å²) in [7, 11) is 3.17. The number of amides is 2. The summed E-state index contributed by atoms with van der Waals surface area (Å²) in [4.78, 5) is 44.6. The van der Waals surface area contributed by atoms with E-state index in [4.69, 9.17) is 14.6 Å². The summed E-state index contributed by atoms with van der Waals surface area (Å²) in [6.45, 7) is 13.5. The number of nitrogens with one attached hydrogen (secondary N) is 1. The molecule has 0 radical (unpaired) electrons. The Morgan fingerprint density at radius 1 is 0.942 bits per heavy atom. The molecule has 52 heavy (non-hydrogen) atoms. The van der Waals surface area contributed by atoms with Crippen LogP contribution in [0.4, 0.5) is 5.69 Å². The molecular weight excluding hydrogens is 658 g/mol. The van der Waals surface area contributed by atoms with Crippen molar-refractivity contribution in [1.82, 2.24) is 20.0 Å². The molecular formula is C41H55N5O6. The predicted octanol–water partition coefficient (Wildman–Crippen LogP) is 6.77. The molecule has 7 rings (SSSR count). The highest BCUT2D eigenvalue weighted by molar-refractivity contribution is 5.98. The van der Waals surface area contributed by atoms with Crippen LogP contribution in [0.25, 0.3) is 16.9 Å². The maximum absolute atomic E-state index is 14.4. The fourth-order valence-corrected chi connectivity index (χ4v) is 9.57. The zero-order valence-corrected chi connectivity index (χ0v) is 31.8. The Hall–Kier alpha value is -4.38. The molecule has 4 aliphatic carbocycles. The van der Waals surface area contributed by atoms with Gasteiger partial charge in [0.1, 0.15) is 17.0 Å². The second kappa shape index (κ2) is 15.3. The molecule has 4 fully saturated rings. The minimum Gasteiger partial charge on any atom is -0.496 e. The van der Waals surface area contributed by atoms with E-state index in [9.17, 15) is 19.5 Å². The number of nitrogens with zero attached hydrogens (tertiary/aromatic N) is 4. The molecule has 2 amide bonds. The van der Waals surface area contributed by atoms with E-state index in [2.05, 4.69) is 37.9 Å². The van der Waals surface area contributed by atoms with Crippen molar-refractivity contribution in [3.8, 4) is 28.4 Å². The third-order valence-corrected chi connectivity index (χ3v) is 12.0. The summed E-state index contributed by atoms with van der Waals surface area (Å²) < 4.78 is 13.4. The number of hydrogen-bond donors (Lipinski definition) is 2. The number of ether oxygens (including phenoxy) is 2. The fourth-order valence-electron chi connectivity index (χ4n) is 9.57. The quantitative estimate of drug-likeness (QED) is 0.177. The topological polar surface area (TPSA) is 126 Å². The summed E-state index contributed by atoms with van der Waals surface area (Å²) in [5.74, 6) is 0.475. The first-order valence-corrected chi connectivity index (χ1v) is 19.0. The molecule has 11 heteroatoms. The Morgan fingerprint density at radius 3 is 2.08 bits per heavy atom. The monoisotopic (exact) mass is 713 g/mol. The van der Waals surface area contributed by atoms with Crippen molar-refractivity contribution in [3.63, 3.8) is 0 Å². The van der Waals surface area contributed by atoms with Gasteiger partial charge < -0.3 is 29.7 Å². The molecule has 2 aromatic carbocycles. The average Bonchev–Trinajstić information content (AvgIpc) is 3.57. The minimum atomic E-state index is -1.32. The number of rotatable bonds is 15. The van der Waals surface area contributed by atoms with E-state index in [0.717, 1.165) is 68.7 Å². The zero-order chi connectivity index (χ0) is 37.3. The lowest BCUT2D eigenvalue weighted by atomic mass is 9.48. The number of carbonyl (C=O) groups excluding carboxylic acids is 2. The summed E-state index contributed by atoms with van der Waals surface area (Å²) in [5, 5.41) is 18.8. The largest absolute Gasteiger partial charge is 0.496 e. The van der Waals surface area contributed by atoms with Crippen molar-refractivity contribution in [3.05, 3.63) is 53.7 Å². The second-order valence-corrected chi connectivity index (χ2v) is 15.2. The van der Waals surface area contributed by atoms with Gasteiger partial charge in [-0.25, -0.2) is 9.48 Å². The van der Waals surface area contributed by atoms with Crippen LogP contribution < -0.4 is 19.7 Å². The summed E-state index contributed by atoms with van der Waals surface area (Å²) >= 11 is 0. The first-order valence-electron chi connectivity index (χ1n) is 19.0. The number of methoxy groups -OCH3 is 2. The van der Waals surface area contributed by atoms with Crippen LogP contribution in [-0.2, 0) is 9.59 Å². The summed E-state index contributed by atoms with van der Waals surface area (Å²) in [6, 6.07) is 13.1. The minimum absolute atomic E-state index is 0.0247. The first kappa shape index (κ1) is 37.4. The summed E-state index contributed by atoms with van der Waals surface area (Å²) in [5.41, 5.74) is 2.43. The zero-order valence-electron chi connectivity index (χ0n) is 31.8. The van der Waals surface area contributed by atoms with Crippen molar-refractivity contribution in [1.29, 1.82) is 0 Å². The first-order chi connectivity index (χ1) is 24.9. The Balaban J connectivity index is 1.43. The van der Waals surface area contributed by atoms with E-state index in [1.807, 2.05) is 41.3 Å². The molecule has 11 nitrogen and oxygen atoms in total. The van der Waals surface area contributed by atoms with Gasteiger partial charge in [0, 0.05) is 19.2 Å². The Bertz CT molecular complexity index is 1750. The lowest BCUT2D eigenvalue weighted by Crippen LogP contribution is -2.70. The van der Waals surface area contributed by atoms with Crippen molar-refractivity contribution >= 4 is 23.5 Å². The number of carbonyl (C=O) groups is 3. The molecule has 1 heterocycles. The van der Waals surface area contributed by atoms with Gasteiger partial charge in [0.2, 0.25) is 5.91 Å². The number of carboxylic acid groups (broad SMARTS) is 1. The highest BCUT2D eigenvalue weighted by atomic mass is 16.5. The SMILES string of the molecule is CCN(CC)CCCN(C(C)=O)c1ccc(-n2nc(C(=O)NC3(C(=O)O)C4CC5CC(C4)CC3C5)cc2-c2c(OC)cccc2OC)c(C(C)C)c1. The van der Waals surface area contributed by atoms with Gasteiger partial charge in [-0.05, 0) is 130 Å². The van der Waals surface area contributed by atoms with E-state index < -0.39 is 17.4 Å². The molecule has 0 atom stereocenters. The van der Waals surface area contributed by atoms with Crippen molar-refractivity contribution < 1.29 is 29.0 Å². The number of aliphatic carboxylic acids is 1. The van der Waals surface area contributed by atoms with E-state index in [-0.39, 0.29) is 29.4 Å². The number of hydrogen-bond acceptors (Lipinski definition) is 7. The van der Waals surface area contributed by atoms with Gasteiger partial charge in [-0.3, -0.25) is 9.59 Å². The van der Waals surface area contributed by atoms with E-state index in [1.54, 1.807) is 31.9 Å². The molecule has 4 aliphatic rings. The maximum atomic E-state index is 14.4. The standard InChI is InChI=1S/C41H55N5O6/c1-8-44(9-2)16-11-17-45(26(5)47)31-14-15-34(32(23-31)25(3)4)46-35(38-36(51-6)12-10-13-37(38)52-7)24-33(43-46)39(48)42-41(40(49)50)29-19-27-18-28(21-29)22-30(41)20-27/h10,12-15,23-25,27-30H,8-9,11,16-22H2,1-7H3,(H,42,48)(H,49,50). The molecule has 0 spiro atoms. The molecule has 4 bridgehead atoms. The van der Waals surface area contributed by atoms with Crippen molar-refractivity contribution in [2.45, 2.75) is 84.6 Å². The maximum Gasteiger partial charge on any atom is 0.330 e. The molecule has 0 saturated heterocycles. The fraction of sp³-hybridized carbons (Fsp3) is 0.561. The number of aromatic nitrogens is 2. The lowest BCUT2D eigenvalue weighted by molar-refractivity contribution is -0.163. The van der Waals surface area contributed by atoms with Gasteiger partial charge in [0.15, 0.2) is 5.69 Å². The molecule has 280 valence electrons. The van der Waals surface area contributed by atoms with Gasteiger partial charge in [0.05, 0.1) is 31.2 Å². The van der Waals surface area contributed by atoms with Crippen LogP contribution in [0.3, 0.4) is 0 Å². The van der Waals surface area contributed by atoms with E-state index >= 15 is 0 Å². The molecule has 3 aromatic rings. The smallest absolute Gasteiger partial charge is 0.330 e. The third kappa shape index (κ3) is 6.79. The van der Waals surface area contributed by atoms with Crippen LogP contribution in [0, 0.1) is 23.7 Å². The number of benzene rings is 2.